The van der Waals surface area contributed by atoms with Gasteiger partial charge in [0.1, 0.15) is 0 Å². The van der Waals surface area contributed by atoms with Gasteiger partial charge >= 0.3 is 0 Å². The number of hydrogen-bond acceptors (Lipinski definition) is 2. The van der Waals surface area contributed by atoms with E-state index in [2.05, 4.69) is 207 Å². The van der Waals surface area contributed by atoms with Gasteiger partial charge in [0.05, 0.1) is 0 Å². The predicted molar refractivity (Wildman–Crippen MR) is 212 cm³/mol. The monoisotopic (exact) mass is 634 g/mol. The molecule has 2 heteroatoms. The zero-order valence-corrected chi connectivity index (χ0v) is 28.8. The number of rotatable bonds is 9. The van der Waals surface area contributed by atoms with Crippen molar-refractivity contribution in [1.82, 2.24) is 0 Å². The molecule has 0 spiro atoms. The fourth-order valence-electron chi connectivity index (χ4n) is 6.69. The highest BCUT2D eigenvalue weighted by atomic mass is 15.1. The molecule has 0 atom stereocenters. The van der Waals surface area contributed by atoms with Crippen LogP contribution in [0.15, 0.2) is 158 Å². The van der Waals surface area contributed by atoms with E-state index in [0.29, 0.717) is 0 Å². The minimum absolute atomic E-state index is 0.800. The lowest BCUT2D eigenvalue weighted by Crippen LogP contribution is -2.18. The predicted octanol–water partition coefficient (Wildman–Crippen LogP) is 13.1. The fourth-order valence-corrected chi connectivity index (χ4v) is 6.69. The quantitative estimate of drug-likeness (QED) is 0.146. The van der Waals surface area contributed by atoms with Crippen LogP contribution in [0.2, 0.25) is 0 Å². The molecule has 0 bridgehead atoms. The maximum Gasteiger partial charge on any atom is 0.0490 e. The molecule has 7 aromatic rings. The smallest absolute Gasteiger partial charge is 0.0490 e. The lowest BCUT2D eigenvalue weighted by molar-refractivity contribution is 0.964. The number of fused-ring (bicyclic) bond motifs is 1. The summed E-state index contributed by atoms with van der Waals surface area (Å²) in [5.41, 5.74) is 14.7. The highest BCUT2D eigenvalue weighted by molar-refractivity contribution is 5.87. The van der Waals surface area contributed by atoms with Crippen LogP contribution in [0.1, 0.15) is 38.9 Å². The Balaban J connectivity index is 1.12. The Hall–Kier alpha value is -5.86. The maximum absolute atomic E-state index is 2.44. The third-order valence-electron chi connectivity index (χ3n) is 9.41. The zero-order chi connectivity index (χ0) is 33.7. The average molecular weight is 635 g/mol. The first kappa shape index (κ1) is 31.7. The first-order valence-corrected chi connectivity index (χ1v) is 17.1. The topological polar surface area (TPSA) is 6.48 Å². The van der Waals surface area contributed by atoms with Crippen LogP contribution in [0.4, 0.5) is 28.4 Å². The van der Waals surface area contributed by atoms with Crippen LogP contribution in [-0.4, -0.2) is 0 Å². The molecule has 0 unspecified atom stereocenters. The molecule has 2 nitrogen and oxygen atoms in total. The Bertz CT molecular complexity index is 2170. The summed E-state index contributed by atoms with van der Waals surface area (Å²) in [5.74, 6) is 0. The molecular formula is C47H42N2. The molecule has 0 N–H and O–H groups in total. The van der Waals surface area contributed by atoms with Crippen LogP contribution in [0.25, 0.3) is 22.9 Å². The van der Waals surface area contributed by atoms with Gasteiger partial charge in [-0.05, 0) is 126 Å². The molecule has 49 heavy (non-hydrogen) atoms. The molecule has 0 saturated carbocycles. The van der Waals surface area contributed by atoms with Crippen molar-refractivity contribution >= 4 is 51.4 Å². The molecule has 0 saturated heterocycles. The lowest BCUT2D eigenvalue weighted by atomic mass is 10.0. The highest BCUT2D eigenvalue weighted by Gasteiger charge is 2.16. The van der Waals surface area contributed by atoms with Crippen LogP contribution < -0.4 is 9.80 Å². The van der Waals surface area contributed by atoms with Gasteiger partial charge < -0.3 is 9.80 Å². The van der Waals surface area contributed by atoms with Crippen molar-refractivity contribution in [2.24, 2.45) is 0 Å². The Morgan fingerprint density at radius 1 is 0.408 bits per heavy atom. The summed E-state index contributed by atoms with van der Waals surface area (Å²) in [4.78, 5) is 4.80. The van der Waals surface area contributed by atoms with Crippen molar-refractivity contribution in [1.29, 1.82) is 0 Å². The molecule has 0 radical (unpaired) electrons. The van der Waals surface area contributed by atoms with Gasteiger partial charge in [0, 0.05) is 35.0 Å². The van der Waals surface area contributed by atoms with Crippen molar-refractivity contribution in [3.8, 4) is 0 Å². The van der Waals surface area contributed by atoms with Crippen LogP contribution in [0.3, 0.4) is 0 Å². The van der Waals surface area contributed by atoms with Crippen LogP contribution in [0, 0.1) is 27.7 Å². The number of anilines is 5. The van der Waals surface area contributed by atoms with E-state index in [0.717, 1.165) is 12.2 Å². The molecular weight excluding hydrogens is 593 g/mol. The summed E-state index contributed by atoms with van der Waals surface area (Å²) in [6, 6.07) is 56.9. The van der Waals surface area contributed by atoms with Gasteiger partial charge in [-0.25, -0.2) is 0 Å². The summed E-state index contributed by atoms with van der Waals surface area (Å²) < 4.78 is 0. The number of aryl methyl sites for hydroxylation is 4. The summed E-state index contributed by atoms with van der Waals surface area (Å²) in [7, 11) is 0. The number of benzene rings is 7. The molecule has 0 amide bonds. The molecule has 0 aliphatic carbocycles. The summed E-state index contributed by atoms with van der Waals surface area (Å²) in [6.07, 6.45) is 4.41. The van der Waals surface area contributed by atoms with E-state index in [1.165, 1.54) is 72.5 Å². The summed E-state index contributed by atoms with van der Waals surface area (Å²) in [6.45, 7) is 9.53. The van der Waals surface area contributed by atoms with Crippen molar-refractivity contribution < 1.29 is 0 Å². The van der Waals surface area contributed by atoms with Gasteiger partial charge in [0.25, 0.3) is 0 Å². The molecule has 7 aromatic carbocycles. The molecule has 0 aliphatic rings. The summed E-state index contributed by atoms with van der Waals surface area (Å²) in [5, 5.41) is 2.49. The van der Waals surface area contributed by atoms with E-state index in [1.807, 2.05) is 0 Å². The second kappa shape index (κ2) is 14.1. The number of para-hydroxylation sites is 4. The number of nitrogens with zero attached hydrogens (tertiary/aromatic N) is 2. The minimum atomic E-state index is 0.800. The fraction of sp³-hybridized carbons (Fsp3) is 0.106. The van der Waals surface area contributed by atoms with Gasteiger partial charge in [0.15, 0.2) is 0 Å². The molecule has 0 aliphatic heterocycles. The van der Waals surface area contributed by atoms with Crippen LogP contribution in [-0.2, 0) is 6.54 Å². The first-order valence-electron chi connectivity index (χ1n) is 17.1. The van der Waals surface area contributed by atoms with E-state index in [4.69, 9.17) is 0 Å². The van der Waals surface area contributed by atoms with E-state index in [1.54, 1.807) is 0 Å². The van der Waals surface area contributed by atoms with E-state index in [9.17, 15) is 0 Å². The second-order valence-electron chi connectivity index (χ2n) is 12.9. The molecule has 0 aromatic heterocycles. The third-order valence-corrected chi connectivity index (χ3v) is 9.41. The molecule has 7 rings (SSSR count). The van der Waals surface area contributed by atoms with E-state index in [-0.39, 0.29) is 0 Å². The van der Waals surface area contributed by atoms with E-state index < -0.39 is 0 Å². The average Bonchev–Trinajstić information content (AvgIpc) is 3.12. The third kappa shape index (κ3) is 6.91. The standard InChI is InChI=1S/C47H42N2/c1-34-13-5-9-17-44(34)48(45-18-10-6-14-35(45)2)33-40-24-28-41-31-39(23-27-42(41)32-40)22-21-38-25-29-43(30-26-38)49(46-19-11-7-15-36(46)3)47-20-12-8-16-37(47)4/h5-32H,33H2,1-4H3/b22-21+. The van der Waals surface area contributed by atoms with Gasteiger partial charge in [-0.15, -0.1) is 0 Å². The lowest BCUT2D eigenvalue weighted by Gasteiger charge is -2.28. The van der Waals surface area contributed by atoms with Gasteiger partial charge in [-0.3, -0.25) is 0 Å². The normalized spacial score (nSPS) is 11.3. The maximum atomic E-state index is 2.44. The minimum Gasteiger partial charge on any atom is -0.337 e. The Kier molecular flexibility index (Phi) is 9.12. The molecule has 0 heterocycles. The van der Waals surface area contributed by atoms with Crippen molar-refractivity contribution in [3.05, 3.63) is 197 Å². The van der Waals surface area contributed by atoms with Crippen molar-refractivity contribution in [2.75, 3.05) is 9.80 Å². The van der Waals surface area contributed by atoms with Crippen LogP contribution >= 0.6 is 0 Å². The number of hydrogen-bond donors (Lipinski definition) is 0. The Morgan fingerprint density at radius 2 is 0.837 bits per heavy atom. The zero-order valence-electron chi connectivity index (χ0n) is 28.8. The second-order valence-corrected chi connectivity index (χ2v) is 12.9. The largest absolute Gasteiger partial charge is 0.337 e. The molecule has 240 valence electrons. The van der Waals surface area contributed by atoms with Crippen molar-refractivity contribution in [2.45, 2.75) is 34.2 Å². The molecule has 0 fully saturated rings. The Morgan fingerprint density at radius 3 is 1.37 bits per heavy atom. The van der Waals surface area contributed by atoms with Gasteiger partial charge in [-0.2, -0.15) is 0 Å². The highest BCUT2D eigenvalue weighted by Crippen LogP contribution is 2.38. The first-order chi connectivity index (χ1) is 23.9. The van der Waals surface area contributed by atoms with Gasteiger partial charge in [0.2, 0.25) is 0 Å². The SMILES string of the molecule is Cc1ccccc1N(Cc1ccc2cc(/C=C/c3ccc(N(c4ccccc4C)c4ccccc4C)cc3)ccc2c1)c1ccccc1C. The van der Waals surface area contributed by atoms with Gasteiger partial charge in [-0.1, -0.05) is 121 Å². The van der Waals surface area contributed by atoms with Crippen LogP contribution in [0.5, 0.6) is 0 Å². The Labute approximate surface area is 291 Å². The van der Waals surface area contributed by atoms with E-state index >= 15 is 0 Å². The van der Waals surface area contributed by atoms with Crippen molar-refractivity contribution in [3.63, 3.8) is 0 Å². The summed E-state index contributed by atoms with van der Waals surface area (Å²) >= 11 is 0.